The first-order chi connectivity index (χ1) is 12.1. The average Bonchev–Trinajstić information content (AvgIpc) is 2.64. The minimum atomic E-state index is 0.229. The van der Waals surface area contributed by atoms with Crippen molar-refractivity contribution in [3.05, 3.63) is 46.5 Å². The Morgan fingerprint density at radius 1 is 0.880 bits per heavy atom. The van der Waals surface area contributed by atoms with Gasteiger partial charge in [-0.1, -0.05) is 0 Å². The van der Waals surface area contributed by atoms with Gasteiger partial charge in [0, 0.05) is 24.0 Å². The van der Waals surface area contributed by atoms with Crippen LogP contribution in [-0.2, 0) is 19.4 Å². The highest BCUT2D eigenvalue weighted by Crippen LogP contribution is 2.38. The Kier molecular flexibility index (Phi) is 3.96. The predicted molar refractivity (Wildman–Crippen MR) is 93.9 cm³/mol. The van der Waals surface area contributed by atoms with Crippen molar-refractivity contribution in [2.24, 2.45) is 0 Å². The fourth-order valence-corrected chi connectivity index (χ4v) is 4.27. The van der Waals surface area contributed by atoms with Crippen molar-refractivity contribution in [1.29, 1.82) is 0 Å². The number of methoxy groups -OCH3 is 3. The summed E-state index contributed by atoms with van der Waals surface area (Å²) in [5, 5.41) is 10.1. The highest BCUT2D eigenvalue weighted by Gasteiger charge is 2.37. The first-order valence-corrected chi connectivity index (χ1v) is 8.62. The van der Waals surface area contributed by atoms with Gasteiger partial charge < -0.3 is 24.2 Å². The van der Waals surface area contributed by atoms with Gasteiger partial charge in [-0.05, 0) is 35.4 Å². The van der Waals surface area contributed by atoms with Gasteiger partial charge in [0.25, 0.3) is 0 Å². The molecular weight excluding hydrogens is 318 g/mol. The number of phenolic OH excluding ortho intramolecular Hbond substituents is 1. The Labute approximate surface area is 147 Å². The molecule has 0 saturated heterocycles. The van der Waals surface area contributed by atoms with Crippen molar-refractivity contribution in [3.63, 3.8) is 0 Å². The van der Waals surface area contributed by atoms with Gasteiger partial charge in [0.1, 0.15) is 12.6 Å². The molecule has 0 spiro atoms. The molecule has 2 N–H and O–H groups in total. The smallest absolute Gasteiger partial charge is 0.161 e. The lowest BCUT2D eigenvalue weighted by Crippen LogP contribution is -3.13. The van der Waals surface area contributed by atoms with Crippen LogP contribution >= 0.6 is 0 Å². The fourth-order valence-electron chi connectivity index (χ4n) is 4.27. The molecule has 0 bridgehead atoms. The van der Waals surface area contributed by atoms with Crippen molar-refractivity contribution in [1.82, 2.24) is 0 Å². The number of fused-ring (bicyclic) bond motifs is 4. The Morgan fingerprint density at radius 3 is 2.24 bits per heavy atom. The van der Waals surface area contributed by atoms with Gasteiger partial charge in [-0.15, -0.1) is 0 Å². The second-order valence-corrected chi connectivity index (χ2v) is 6.79. The van der Waals surface area contributed by atoms with Crippen LogP contribution in [0.4, 0.5) is 0 Å². The van der Waals surface area contributed by atoms with E-state index >= 15 is 0 Å². The van der Waals surface area contributed by atoms with E-state index in [1.54, 1.807) is 26.2 Å². The average molecular weight is 342 g/mol. The highest BCUT2D eigenvalue weighted by molar-refractivity contribution is 5.51. The van der Waals surface area contributed by atoms with Gasteiger partial charge in [-0.2, -0.15) is 0 Å². The van der Waals surface area contributed by atoms with Crippen molar-refractivity contribution in [2.45, 2.75) is 25.4 Å². The van der Waals surface area contributed by atoms with Gasteiger partial charge >= 0.3 is 0 Å². The lowest BCUT2D eigenvalue weighted by molar-refractivity contribution is -0.949. The van der Waals surface area contributed by atoms with E-state index in [0.717, 1.165) is 37.4 Å². The summed E-state index contributed by atoms with van der Waals surface area (Å²) in [5.41, 5.74) is 5.16. The second kappa shape index (κ2) is 6.15. The number of phenols is 1. The molecule has 2 aliphatic rings. The van der Waals surface area contributed by atoms with Crippen LogP contribution in [0.5, 0.6) is 23.0 Å². The topological polar surface area (TPSA) is 52.4 Å². The maximum absolute atomic E-state index is 10.1. The number of benzene rings is 2. The maximum Gasteiger partial charge on any atom is 0.161 e. The standard InChI is InChI=1S/C20H23NO4/c1-23-18-10-15-12(7-17(18)22)4-5-21-11-14-9-20(25-3)19(24-2)8-13(14)6-16(15)21/h7-10,16,22H,4-6,11H2,1-3H3/p+1/t16-/m0/s1. The number of aromatic hydroxyl groups is 1. The number of hydrogen-bond acceptors (Lipinski definition) is 4. The Morgan fingerprint density at radius 2 is 1.56 bits per heavy atom. The normalized spacial score (nSPS) is 20.9. The maximum atomic E-state index is 10.1. The minimum Gasteiger partial charge on any atom is -0.504 e. The van der Waals surface area contributed by atoms with E-state index in [1.807, 2.05) is 12.1 Å². The van der Waals surface area contributed by atoms with E-state index in [1.165, 1.54) is 22.3 Å². The van der Waals surface area contributed by atoms with Crippen LogP contribution in [-0.4, -0.2) is 33.0 Å². The zero-order valence-electron chi connectivity index (χ0n) is 14.9. The first kappa shape index (κ1) is 16.1. The molecule has 4 rings (SSSR count). The van der Waals surface area contributed by atoms with Gasteiger partial charge in [-0.25, -0.2) is 0 Å². The third-order valence-electron chi connectivity index (χ3n) is 5.57. The van der Waals surface area contributed by atoms with E-state index < -0.39 is 0 Å². The van der Waals surface area contributed by atoms with E-state index in [9.17, 15) is 5.11 Å². The number of rotatable bonds is 3. The van der Waals surface area contributed by atoms with Gasteiger partial charge in [0.05, 0.1) is 27.9 Å². The number of nitrogens with one attached hydrogen (secondary N) is 1. The molecule has 2 aliphatic heterocycles. The summed E-state index contributed by atoms with van der Waals surface area (Å²) >= 11 is 0. The summed E-state index contributed by atoms with van der Waals surface area (Å²) in [6.45, 7) is 2.04. The molecule has 5 heteroatoms. The first-order valence-electron chi connectivity index (χ1n) is 8.62. The highest BCUT2D eigenvalue weighted by atomic mass is 16.5. The van der Waals surface area contributed by atoms with Crippen LogP contribution in [0.3, 0.4) is 0 Å². The number of hydrogen-bond donors (Lipinski definition) is 2. The summed E-state index contributed by atoms with van der Waals surface area (Å²) in [7, 11) is 4.95. The summed E-state index contributed by atoms with van der Waals surface area (Å²) in [6.07, 6.45) is 1.92. The molecular formula is C20H24NO4+. The lowest BCUT2D eigenvalue weighted by Gasteiger charge is -2.38. The Bertz CT molecular complexity index is 818. The Balaban J connectivity index is 1.76. The van der Waals surface area contributed by atoms with E-state index in [-0.39, 0.29) is 5.75 Å². The molecule has 25 heavy (non-hydrogen) atoms. The van der Waals surface area contributed by atoms with Crippen molar-refractivity contribution >= 4 is 0 Å². The van der Waals surface area contributed by atoms with Gasteiger partial charge in [-0.3, -0.25) is 0 Å². The summed E-state index contributed by atoms with van der Waals surface area (Å²) in [4.78, 5) is 1.56. The van der Waals surface area contributed by atoms with Crippen LogP contribution in [0.1, 0.15) is 28.3 Å². The van der Waals surface area contributed by atoms with Crippen molar-refractivity contribution in [3.8, 4) is 23.0 Å². The van der Waals surface area contributed by atoms with Crippen molar-refractivity contribution < 1.29 is 24.2 Å². The molecule has 2 aromatic rings. The molecule has 2 atom stereocenters. The molecule has 5 nitrogen and oxygen atoms in total. The van der Waals surface area contributed by atoms with Crippen LogP contribution in [0.2, 0.25) is 0 Å². The van der Waals surface area contributed by atoms with Crippen LogP contribution < -0.4 is 19.1 Å². The zero-order chi connectivity index (χ0) is 17.6. The van der Waals surface area contributed by atoms with Crippen LogP contribution in [0.15, 0.2) is 24.3 Å². The minimum absolute atomic E-state index is 0.229. The number of quaternary nitrogens is 1. The monoisotopic (exact) mass is 342 g/mol. The van der Waals surface area contributed by atoms with E-state index in [0.29, 0.717) is 11.8 Å². The van der Waals surface area contributed by atoms with E-state index in [2.05, 4.69) is 12.1 Å². The van der Waals surface area contributed by atoms with Gasteiger partial charge in [0.15, 0.2) is 23.0 Å². The fraction of sp³-hybridized carbons (Fsp3) is 0.400. The van der Waals surface area contributed by atoms with Crippen molar-refractivity contribution in [2.75, 3.05) is 27.9 Å². The summed E-state index contributed by atoms with van der Waals surface area (Å²) in [6, 6.07) is 8.49. The molecule has 0 amide bonds. The van der Waals surface area contributed by atoms with Crippen LogP contribution in [0, 0.1) is 0 Å². The molecule has 2 heterocycles. The molecule has 1 unspecified atom stereocenters. The molecule has 0 aliphatic carbocycles. The molecule has 132 valence electrons. The van der Waals surface area contributed by atoms with E-state index in [4.69, 9.17) is 14.2 Å². The molecule has 0 radical (unpaired) electrons. The molecule has 2 aromatic carbocycles. The largest absolute Gasteiger partial charge is 0.504 e. The second-order valence-electron chi connectivity index (χ2n) is 6.79. The third kappa shape index (κ3) is 2.59. The molecule has 0 aromatic heterocycles. The molecule has 0 saturated carbocycles. The lowest BCUT2D eigenvalue weighted by atomic mass is 9.83. The molecule has 0 fully saturated rings. The zero-order valence-corrected chi connectivity index (χ0v) is 14.9. The summed E-state index contributed by atoms with van der Waals surface area (Å²) < 4.78 is 16.3. The Hall–Kier alpha value is -2.40. The van der Waals surface area contributed by atoms with Crippen LogP contribution in [0.25, 0.3) is 0 Å². The third-order valence-corrected chi connectivity index (χ3v) is 5.57. The summed E-state index contributed by atoms with van der Waals surface area (Å²) in [5.74, 6) is 2.36. The quantitative estimate of drug-likeness (QED) is 0.891. The SMILES string of the molecule is COc1cc2c(cc1O)CC[NH+]1Cc3cc(OC)c(OC)cc3C[C@@H]21. The van der Waals surface area contributed by atoms with Gasteiger partial charge in [0.2, 0.25) is 0 Å². The number of ether oxygens (including phenoxy) is 3. The predicted octanol–water partition coefficient (Wildman–Crippen LogP) is 1.66.